The Labute approximate surface area is 196 Å². The molecule has 10 heteroatoms. The number of fused-ring (bicyclic) bond motifs is 1. The Morgan fingerprint density at radius 1 is 1.21 bits per heavy atom. The average molecular weight is 474 g/mol. The topological polar surface area (TPSA) is 123 Å². The summed E-state index contributed by atoms with van der Waals surface area (Å²) >= 11 is 6.23. The molecule has 3 N–H and O–H groups in total. The number of hydrogen-bond donors (Lipinski definition) is 2. The van der Waals surface area contributed by atoms with Crippen molar-refractivity contribution in [3.63, 3.8) is 0 Å². The van der Waals surface area contributed by atoms with Crippen LogP contribution in [-0.2, 0) is 11.3 Å². The fraction of sp³-hybridized carbons (Fsp3) is 0.391. The third kappa shape index (κ3) is 5.36. The van der Waals surface area contributed by atoms with E-state index >= 15 is 0 Å². The van der Waals surface area contributed by atoms with Gasteiger partial charge in [-0.05, 0) is 37.1 Å². The fourth-order valence-corrected chi connectivity index (χ4v) is 3.72. The number of carbonyl (C=O) groups is 1. The van der Waals surface area contributed by atoms with Crippen LogP contribution < -0.4 is 26.6 Å². The maximum absolute atomic E-state index is 13.2. The van der Waals surface area contributed by atoms with Crippen LogP contribution in [0.3, 0.4) is 0 Å². The van der Waals surface area contributed by atoms with Gasteiger partial charge in [-0.15, -0.1) is 0 Å². The van der Waals surface area contributed by atoms with Crippen LogP contribution in [0.25, 0.3) is 10.9 Å². The highest BCUT2D eigenvalue weighted by Crippen LogP contribution is 2.29. The highest BCUT2D eigenvalue weighted by Gasteiger charge is 2.24. The third-order valence-electron chi connectivity index (χ3n) is 5.29. The van der Waals surface area contributed by atoms with E-state index in [0.717, 1.165) is 12.8 Å². The van der Waals surface area contributed by atoms with Crippen LogP contribution in [0.2, 0.25) is 5.02 Å². The van der Waals surface area contributed by atoms with Gasteiger partial charge in [-0.1, -0.05) is 38.3 Å². The molecular weight excluding hydrogens is 446 g/mol. The van der Waals surface area contributed by atoms with Crippen LogP contribution >= 0.6 is 11.6 Å². The van der Waals surface area contributed by atoms with E-state index in [1.54, 1.807) is 24.4 Å². The second-order valence-electron chi connectivity index (χ2n) is 7.63. The maximum atomic E-state index is 13.2. The van der Waals surface area contributed by atoms with Crippen molar-refractivity contribution < 1.29 is 9.53 Å². The summed E-state index contributed by atoms with van der Waals surface area (Å²) in [5.74, 6) is -0.0887. The standard InChI is InChI=1S/C23H28ClN5O4/c1-3-5-12-28(20-21(25)29(13-6-4-2)23(32)27-22(20)31)18(30)14-33-17-10-9-16(24)15-8-7-11-26-19(15)17/h7-11H,3-6,12-14,25H2,1-2H3,(H,27,31,32). The zero-order valence-corrected chi connectivity index (χ0v) is 19.5. The molecule has 0 fully saturated rings. The molecule has 1 amide bonds. The molecule has 33 heavy (non-hydrogen) atoms. The van der Waals surface area contributed by atoms with E-state index in [1.165, 1.54) is 9.47 Å². The second-order valence-corrected chi connectivity index (χ2v) is 8.04. The number of H-pyrrole nitrogens is 1. The Hall–Kier alpha value is -3.33. The van der Waals surface area contributed by atoms with E-state index in [4.69, 9.17) is 22.1 Å². The lowest BCUT2D eigenvalue weighted by atomic mass is 10.2. The van der Waals surface area contributed by atoms with Gasteiger partial charge in [0, 0.05) is 24.7 Å². The molecule has 0 spiro atoms. The van der Waals surface area contributed by atoms with Crippen molar-refractivity contribution >= 4 is 39.9 Å². The summed E-state index contributed by atoms with van der Waals surface area (Å²) in [7, 11) is 0. The molecule has 0 aliphatic carbocycles. The third-order valence-corrected chi connectivity index (χ3v) is 5.62. The van der Waals surface area contributed by atoms with Crippen molar-refractivity contribution in [1.29, 1.82) is 0 Å². The molecule has 0 aliphatic heterocycles. The molecule has 2 aromatic heterocycles. The lowest BCUT2D eigenvalue weighted by Gasteiger charge is -2.24. The Morgan fingerprint density at radius 2 is 1.97 bits per heavy atom. The number of nitrogens with one attached hydrogen (secondary N) is 1. The van der Waals surface area contributed by atoms with E-state index in [9.17, 15) is 14.4 Å². The molecule has 9 nitrogen and oxygen atoms in total. The molecule has 0 saturated carbocycles. The zero-order valence-electron chi connectivity index (χ0n) is 18.8. The molecule has 176 valence electrons. The van der Waals surface area contributed by atoms with E-state index in [0.29, 0.717) is 41.1 Å². The van der Waals surface area contributed by atoms with Gasteiger partial charge in [-0.2, -0.15) is 0 Å². The van der Waals surface area contributed by atoms with E-state index in [1.807, 2.05) is 19.9 Å². The summed E-state index contributed by atoms with van der Waals surface area (Å²) < 4.78 is 7.08. The Bertz CT molecular complexity index is 1250. The van der Waals surface area contributed by atoms with Gasteiger partial charge in [-0.3, -0.25) is 24.1 Å². The number of aromatic amines is 1. The highest BCUT2D eigenvalue weighted by molar-refractivity contribution is 6.35. The quantitative estimate of drug-likeness (QED) is 0.465. The molecule has 0 radical (unpaired) electrons. The first-order valence-corrected chi connectivity index (χ1v) is 11.4. The van der Waals surface area contributed by atoms with Gasteiger partial charge in [0.2, 0.25) is 0 Å². The Kier molecular flexibility index (Phi) is 8.11. The number of ether oxygens (including phenoxy) is 1. The number of rotatable bonds is 10. The summed E-state index contributed by atoms with van der Waals surface area (Å²) in [6.45, 7) is 4.22. The van der Waals surface area contributed by atoms with Gasteiger partial charge in [-0.25, -0.2) is 4.79 Å². The van der Waals surface area contributed by atoms with Crippen molar-refractivity contribution in [1.82, 2.24) is 14.5 Å². The van der Waals surface area contributed by atoms with Crippen LogP contribution in [0.4, 0.5) is 11.5 Å². The average Bonchev–Trinajstić information content (AvgIpc) is 2.80. The normalized spacial score (nSPS) is 11.0. The molecule has 3 rings (SSSR count). The van der Waals surface area contributed by atoms with Crippen LogP contribution in [0.5, 0.6) is 5.75 Å². The number of aromatic nitrogens is 3. The van der Waals surface area contributed by atoms with Gasteiger partial charge >= 0.3 is 5.69 Å². The number of unbranched alkanes of at least 4 members (excludes halogenated alkanes) is 2. The maximum Gasteiger partial charge on any atom is 0.330 e. The SMILES string of the molecule is CCCCN(C(=O)COc1ccc(Cl)c2cccnc12)c1c(N)n(CCCC)c(=O)[nH]c1=O. The summed E-state index contributed by atoms with van der Waals surface area (Å²) in [5.41, 5.74) is 5.42. The van der Waals surface area contributed by atoms with Gasteiger partial charge < -0.3 is 15.4 Å². The summed E-state index contributed by atoms with van der Waals surface area (Å²) in [5, 5.41) is 1.23. The minimum atomic E-state index is -0.701. The smallest absolute Gasteiger partial charge is 0.330 e. The first kappa shape index (κ1) is 24.3. The number of halogens is 1. The number of anilines is 2. The lowest BCUT2D eigenvalue weighted by molar-refractivity contribution is -0.120. The van der Waals surface area contributed by atoms with Gasteiger partial charge in [0.25, 0.3) is 11.5 Å². The van der Waals surface area contributed by atoms with Gasteiger partial charge in [0.15, 0.2) is 12.3 Å². The van der Waals surface area contributed by atoms with E-state index in [-0.39, 0.29) is 24.7 Å². The minimum Gasteiger partial charge on any atom is -0.481 e. The molecule has 0 unspecified atom stereocenters. The van der Waals surface area contributed by atoms with Crippen molar-refractivity contribution in [2.75, 3.05) is 23.8 Å². The van der Waals surface area contributed by atoms with E-state index in [2.05, 4.69) is 9.97 Å². The molecule has 0 bridgehead atoms. The van der Waals surface area contributed by atoms with Crippen LogP contribution in [0.15, 0.2) is 40.1 Å². The summed E-state index contributed by atoms with van der Waals surface area (Å²) in [6, 6.07) is 6.89. The molecule has 1 aromatic carbocycles. The zero-order chi connectivity index (χ0) is 24.0. The number of nitrogen functional groups attached to an aromatic ring is 1. The monoisotopic (exact) mass is 473 g/mol. The predicted octanol–water partition coefficient (Wildman–Crippen LogP) is 3.33. The fourth-order valence-electron chi connectivity index (χ4n) is 3.50. The molecule has 0 saturated heterocycles. The number of hydrogen-bond acceptors (Lipinski definition) is 6. The van der Waals surface area contributed by atoms with Crippen LogP contribution in [-0.4, -0.2) is 33.6 Å². The predicted molar refractivity (Wildman–Crippen MR) is 130 cm³/mol. The van der Waals surface area contributed by atoms with Gasteiger partial charge in [0.05, 0.1) is 5.02 Å². The number of carbonyl (C=O) groups excluding carboxylic acids is 1. The lowest BCUT2D eigenvalue weighted by Crippen LogP contribution is -2.43. The minimum absolute atomic E-state index is 0.0275. The van der Waals surface area contributed by atoms with Crippen molar-refractivity contribution in [3.05, 3.63) is 56.3 Å². The molecule has 0 atom stereocenters. The van der Waals surface area contributed by atoms with Crippen molar-refractivity contribution in [3.8, 4) is 5.75 Å². The van der Waals surface area contributed by atoms with Crippen molar-refractivity contribution in [2.24, 2.45) is 0 Å². The first-order chi connectivity index (χ1) is 15.9. The number of pyridine rings is 1. The number of nitrogens with zero attached hydrogens (tertiary/aromatic N) is 3. The molecule has 3 aromatic rings. The largest absolute Gasteiger partial charge is 0.481 e. The number of benzene rings is 1. The summed E-state index contributed by atoms with van der Waals surface area (Å²) in [4.78, 5) is 46.0. The van der Waals surface area contributed by atoms with Crippen LogP contribution in [0.1, 0.15) is 39.5 Å². The highest BCUT2D eigenvalue weighted by atomic mass is 35.5. The number of nitrogens with two attached hydrogens (primary N) is 1. The first-order valence-electron chi connectivity index (χ1n) is 11.0. The molecular formula is C23H28ClN5O4. The number of amides is 1. The Balaban J connectivity index is 1.93. The van der Waals surface area contributed by atoms with Crippen molar-refractivity contribution in [2.45, 2.75) is 46.1 Å². The molecule has 0 aliphatic rings. The van der Waals surface area contributed by atoms with Crippen LogP contribution in [0, 0.1) is 0 Å². The van der Waals surface area contributed by atoms with Gasteiger partial charge in [0.1, 0.15) is 17.1 Å². The summed E-state index contributed by atoms with van der Waals surface area (Å²) in [6.07, 6.45) is 4.60. The second kappa shape index (κ2) is 11.0. The Morgan fingerprint density at radius 3 is 2.70 bits per heavy atom. The molecule has 2 heterocycles. The van der Waals surface area contributed by atoms with E-state index < -0.39 is 17.2 Å².